The number of rotatable bonds is 5. The van der Waals surface area contributed by atoms with Crippen LogP contribution in [-0.2, 0) is 4.79 Å². The van der Waals surface area contributed by atoms with Crippen LogP contribution in [0.2, 0.25) is 0 Å². The molecule has 1 amide bonds. The number of aliphatic hydroxyl groups excluding tert-OH is 2. The third-order valence-electron chi connectivity index (χ3n) is 11.6. The normalized spacial score (nSPS) is 41.9. The minimum absolute atomic E-state index is 0.0879. The fourth-order valence-electron chi connectivity index (χ4n) is 9.57. The smallest absolute Gasteiger partial charge is 0.224 e. The van der Waals surface area contributed by atoms with Gasteiger partial charge in [0.1, 0.15) is 0 Å². The number of carbonyl (C=O) groups is 1. The Morgan fingerprint density at radius 3 is 2.43 bits per heavy atom. The van der Waals surface area contributed by atoms with E-state index in [0.29, 0.717) is 36.0 Å². The minimum Gasteiger partial charge on any atom is -0.393 e. The second kappa shape index (κ2) is 9.86. The summed E-state index contributed by atoms with van der Waals surface area (Å²) in [5.41, 5.74) is -0.0709. The standard InChI is InChI=1S/C30H42F3NO3/c1-16(4-9-27(37)34-18-13-24(31)28(33)25(32)14-18)21-7-8-22-20-6-5-17-12-19(35)10-11-29(17,2)23(20)15-26(36)30(21,22)3/h13-14,16-17,19-23,26,35-36H,4-12,15H2,1-3H3,(H,34,37)/t16-,17+,19-,20+,21+,22-,23-,26+,29+,30-/m1/s1. The molecule has 4 nitrogen and oxygen atoms in total. The maximum absolute atomic E-state index is 13.5. The predicted molar refractivity (Wildman–Crippen MR) is 136 cm³/mol. The van der Waals surface area contributed by atoms with Gasteiger partial charge in [0, 0.05) is 24.2 Å². The zero-order valence-corrected chi connectivity index (χ0v) is 22.3. The summed E-state index contributed by atoms with van der Waals surface area (Å²) >= 11 is 0. The van der Waals surface area contributed by atoms with E-state index in [1.807, 2.05) is 0 Å². The zero-order chi connectivity index (χ0) is 26.7. The average molecular weight is 522 g/mol. The van der Waals surface area contributed by atoms with Gasteiger partial charge in [-0.1, -0.05) is 20.8 Å². The topological polar surface area (TPSA) is 69.6 Å². The van der Waals surface area contributed by atoms with E-state index in [9.17, 15) is 28.2 Å². The number of halogens is 3. The Kier molecular flexibility index (Phi) is 7.19. The molecule has 1 aromatic rings. The lowest BCUT2D eigenvalue weighted by Gasteiger charge is -2.62. The molecular weight excluding hydrogens is 479 g/mol. The number of benzene rings is 1. The molecule has 0 unspecified atom stereocenters. The van der Waals surface area contributed by atoms with E-state index in [2.05, 4.69) is 26.1 Å². The van der Waals surface area contributed by atoms with Crippen molar-refractivity contribution in [3.8, 4) is 0 Å². The van der Waals surface area contributed by atoms with Crippen molar-refractivity contribution in [1.29, 1.82) is 0 Å². The van der Waals surface area contributed by atoms with Crippen molar-refractivity contribution in [2.24, 2.45) is 46.3 Å². The van der Waals surface area contributed by atoms with E-state index in [0.717, 1.165) is 50.7 Å². The third kappa shape index (κ3) is 4.52. The van der Waals surface area contributed by atoms with Crippen molar-refractivity contribution in [1.82, 2.24) is 0 Å². The second-order valence-electron chi connectivity index (χ2n) is 13.2. The highest BCUT2D eigenvalue weighted by Gasteiger charge is 2.63. The van der Waals surface area contributed by atoms with Crippen molar-refractivity contribution >= 4 is 11.6 Å². The molecule has 7 heteroatoms. The van der Waals surface area contributed by atoms with Crippen LogP contribution in [0.1, 0.15) is 85.0 Å². The highest BCUT2D eigenvalue weighted by Crippen LogP contribution is 2.68. The molecule has 10 atom stereocenters. The van der Waals surface area contributed by atoms with Crippen LogP contribution >= 0.6 is 0 Å². The number of carbonyl (C=O) groups excluding carboxylic acids is 1. The molecule has 0 spiro atoms. The van der Waals surface area contributed by atoms with E-state index >= 15 is 0 Å². The van der Waals surface area contributed by atoms with E-state index < -0.39 is 17.5 Å². The molecule has 0 aliphatic heterocycles. The van der Waals surface area contributed by atoms with Gasteiger partial charge in [0.25, 0.3) is 0 Å². The highest BCUT2D eigenvalue weighted by molar-refractivity contribution is 5.90. The first kappa shape index (κ1) is 27.0. The van der Waals surface area contributed by atoms with Crippen molar-refractivity contribution < 1.29 is 28.2 Å². The van der Waals surface area contributed by atoms with Crippen molar-refractivity contribution in [2.75, 3.05) is 5.32 Å². The molecule has 5 rings (SSSR count). The van der Waals surface area contributed by atoms with E-state index in [4.69, 9.17) is 0 Å². The first-order chi connectivity index (χ1) is 17.4. The average Bonchev–Trinajstić information content (AvgIpc) is 3.21. The number of hydrogen-bond donors (Lipinski definition) is 3. The Morgan fingerprint density at radius 1 is 1.03 bits per heavy atom. The summed E-state index contributed by atoms with van der Waals surface area (Å²) in [7, 11) is 0. The number of nitrogens with one attached hydrogen (secondary N) is 1. The molecule has 0 saturated heterocycles. The van der Waals surface area contributed by atoms with Gasteiger partial charge in [0.2, 0.25) is 5.91 Å². The van der Waals surface area contributed by atoms with Gasteiger partial charge in [0.15, 0.2) is 17.5 Å². The molecule has 0 heterocycles. The lowest BCUT2D eigenvalue weighted by atomic mass is 9.43. The fraction of sp³-hybridized carbons (Fsp3) is 0.767. The molecule has 0 aromatic heterocycles. The van der Waals surface area contributed by atoms with E-state index in [1.54, 1.807) is 0 Å². The summed E-state index contributed by atoms with van der Waals surface area (Å²) in [6, 6.07) is 1.58. The minimum atomic E-state index is -1.55. The second-order valence-corrected chi connectivity index (χ2v) is 13.2. The number of anilines is 1. The summed E-state index contributed by atoms with van der Waals surface area (Å²) in [6.45, 7) is 6.85. The molecule has 0 bridgehead atoms. The highest BCUT2D eigenvalue weighted by atomic mass is 19.2. The molecule has 1 aromatic carbocycles. The molecule has 4 aliphatic carbocycles. The summed E-state index contributed by atoms with van der Waals surface area (Å²) in [4.78, 5) is 12.5. The SMILES string of the molecule is C[C@H](CCC(=O)Nc1cc(F)c(F)c(F)c1)[C@@H]1CC[C@@H]2[C@@H]3CC[C@H]4C[C@H](O)CC[C@]4(C)[C@@H]3C[C@H](O)[C@@]21C. The third-order valence-corrected chi connectivity index (χ3v) is 11.6. The van der Waals surface area contributed by atoms with Crippen LogP contribution in [0.3, 0.4) is 0 Å². The lowest BCUT2D eigenvalue weighted by Crippen LogP contribution is -2.58. The molecule has 37 heavy (non-hydrogen) atoms. The number of fused-ring (bicyclic) bond motifs is 5. The van der Waals surface area contributed by atoms with Crippen LogP contribution in [0.25, 0.3) is 0 Å². The molecule has 3 N–H and O–H groups in total. The van der Waals surface area contributed by atoms with E-state index in [1.165, 1.54) is 12.8 Å². The molecular formula is C30H42F3NO3. The fourth-order valence-corrected chi connectivity index (χ4v) is 9.57. The Morgan fingerprint density at radius 2 is 1.73 bits per heavy atom. The molecule has 0 radical (unpaired) electrons. The Bertz CT molecular complexity index is 1010. The summed E-state index contributed by atoms with van der Waals surface area (Å²) in [5, 5.41) is 24.4. The van der Waals surface area contributed by atoms with Crippen molar-refractivity contribution in [2.45, 2.75) is 97.2 Å². The number of aliphatic hydroxyl groups is 2. The van der Waals surface area contributed by atoms with Crippen LogP contribution < -0.4 is 5.32 Å². The Hall–Kier alpha value is -1.60. The Labute approximate surface area is 218 Å². The largest absolute Gasteiger partial charge is 0.393 e. The monoisotopic (exact) mass is 521 g/mol. The predicted octanol–water partition coefficient (Wildman–Crippen LogP) is 6.45. The maximum atomic E-state index is 13.5. The summed E-state index contributed by atoms with van der Waals surface area (Å²) < 4.78 is 40.2. The first-order valence-electron chi connectivity index (χ1n) is 14.3. The quantitative estimate of drug-likeness (QED) is 0.390. The van der Waals surface area contributed by atoms with Gasteiger partial charge in [-0.3, -0.25) is 4.79 Å². The Balaban J connectivity index is 1.24. The van der Waals surface area contributed by atoms with Gasteiger partial charge < -0.3 is 15.5 Å². The summed E-state index contributed by atoms with van der Waals surface area (Å²) in [6.07, 6.45) is 8.39. The number of amides is 1. The van der Waals surface area contributed by atoms with Gasteiger partial charge in [-0.05, 0) is 104 Å². The van der Waals surface area contributed by atoms with Crippen LogP contribution in [0.5, 0.6) is 0 Å². The van der Waals surface area contributed by atoms with Crippen LogP contribution in [0, 0.1) is 63.8 Å². The van der Waals surface area contributed by atoms with Gasteiger partial charge in [0.05, 0.1) is 12.2 Å². The lowest BCUT2D eigenvalue weighted by molar-refractivity contribution is -0.174. The van der Waals surface area contributed by atoms with Crippen molar-refractivity contribution in [3.05, 3.63) is 29.6 Å². The molecule has 4 fully saturated rings. The maximum Gasteiger partial charge on any atom is 0.224 e. The van der Waals surface area contributed by atoms with Crippen LogP contribution in [0.15, 0.2) is 12.1 Å². The van der Waals surface area contributed by atoms with Gasteiger partial charge >= 0.3 is 0 Å². The number of hydrogen-bond acceptors (Lipinski definition) is 3. The van der Waals surface area contributed by atoms with Gasteiger partial charge in [-0.2, -0.15) is 0 Å². The van der Waals surface area contributed by atoms with Crippen LogP contribution in [0.4, 0.5) is 18.9 Å². The van der Waals surface area contributed by atoms with Gasteiger partial charge in [-0.15, -0.1) is 0 Å². The van der Waals surface area contributed by atoms with Gasteiger partial charge in [-0.25, -0.2) is 13.2 Å². The van der Waals surface area contributed by atoms with Crippen molar-refractivity contribution in [3.63, 3.8) is 0 Å². The summed E-state index contributed by atoms with van der Waals surface area (Å²) in [5.74, 6) is -1.91. The molecule has 206 valence electrons. The van der Waals surface area contributed by atoms with E-state index in [-0.39, 0.29) is 47.0 Å². The molecule has 4 aliphatic rings. The zero-order valence-electron chi connectivity index (χ0n) is 22.3. The first-order valence-corrected chi connectivity index (χ1v) is 14.3. The molecule has 4 saturated carbocycles. The van der Waals surface area contributed by atoms with Crippen LogP contribution in [-0.4, -0.2) is 28.3 Å².